The van der Waals surface area contributed by atoms with Crippen molar-refractivity contribution < 1.29 is 123 Å². The van der Waals surface area contributed by atoms with Gasteiger partial charge in [0.15, 0.2) is 25.1 Å². The molecule has 18 N–H and O–H groups in total. The van der Waals surface area contributed by atoms with Crippen molar-refractivity contribution in [1.29, 1.82) is 0 Å². The van der Waals surface area contributed by atoms with Gasteiger partial charge in [-0.1, -0.05) is 6.42 Å². The van der Waals surface area contributed by atoms with Crippen LogP contribution in [0.15, 0.2) is 0 Å². The second kappa shape index (κ2) is 26.5. The minimum atomic E-state index is -2.08. The van der Waals surface area contributed by atoms with E-state index in [2.05, 4.69) is 31.9 Å². The summed E-state index contributed by atoms with van der Waals surface area (Å²) in [6, 6.07) is -5.29. The predicted molar refractivity (Wildman–Crippen MR) is 241 cm³/mol. The molecule has 0 saturated carbocycles. The Morgan fingerprint density at radius 1 is 0.649 bits per heavy atom. The fourth-order valence-corrected chi connectivity index (χ4v) is 11.1. The molecule has 6 aliphatic heterocycles. The van der Waals surface area contributed by atoms with Crippen LogP contribution in [0.4, 0.5) is 4.79 Å². The van der Waals surface area contributed by atoms with Gasteiger partial charge >= 0.3 is 12.0 Å². The number of urea groups is 1. The number of hydrogen-bond acceptors (Lipinski definition) is 25. The number of amides is 6. The minimum absolute atomic E-state index is 0.0271. The van der Waals surface area contributed by atoms with Gasteiger partial charge in [-0.15, -0.1) is 0 Å². The van der Waals surface area contributed by atoms with E-state index in [0.29, 0.717) is 19.3 Å². The average Bonchev–Trinajstić information content (AvgIpc) is 3.91. The lowest BCUT2D eigenvalue weighted by atomic mass is 9.93. The van der Waals surface area contributed by atoms with Gasteiger partial charge in [0.1, 0.15) is 104 Å². The highest BCUT2D eigenvalue weighted by molar-refractivity contribution is 8.00. The van der Waals surface area contributed by atoms with Gasteiger partial charge in [-0.25, -0.2) is 9.59 Å². The summed E-state index contributed by atoms with van der Waals surface area (Å²) in [6.07, 6.45) is -31.7. The van der Waals surface area contributed by atoms with Crippen molar-refractivity contribution in [3.63, 3.8) is 0 Å². The molecule has 0 aromatic rings. The molecule has 0 aromatic heterocycles. The molecule has 31 nitrogen and oxygen atoms in total. The van der Waals surface area contributed by atoms with Crippen molar-refractivity contribution in [3.05, 3.63) is 0 Å². The summed E-state index contributed by atoms with van der Waals surface area (Å²) in [6.45, 7) is -1.44. The van der Waals surface area contributed by atoms with E-state index in [1.807, 2.05) is 0 Å². The van der Waals surface area contributed by atoms with E-state index in [1.165, 1.54) is 0 Å². The molecule has 6 saturated heterocycles. The Morgan fingerprint density at radius 3 is 1.82 bits per heavy atom. The van der Waals surface area contributed by atoms with Crippen LogP contribution in [-0.2, 0) is 57.1 Å². The number of unbranched alkanes of at least 4 members (excludes halogenated alkanes) is 1. The van der Waals surface area contributed by atoms with Crippen molar-refractivity contribution in [1.82, 2.24) is 31.9 Å². The number of aliphatic carboxylic acids is 1. The molecule has 32 heteroatoms. The highest BCUT2D eigenvalue weighted by Crippen LogP contribution is 2.35. The fraction of sp³-hybridized carbons (Fsp3) is 0.857. The van der Waals surface area contributed by atoms with E-state index in [1.54, 1.807) is 11.8 Å². The second-order valence-corrected chi connectivity index (χ2v) is 20.1. The molecule has 0 aromatic carbocycles. The number of carbonyl (C=O) groups excluding carboxylic acids is 5. The highest BCUT2D eigenvalue weighted by Gasteiger charge is 2.55. The van der Waals surface area contributed by atoms with Crippen molar-refractivity contribution >= 4 is 47.4 Å². The lowest BCUT2D eigenvalue weighted by molar-refractivity contribution is -0.363. The lowest BCUT2D eigenvalue weighted by Crippen LogP contribution is -2.71. The average molecular weight is 1090 g/mol. The van der Waals surface area contributed by atoms with Crippen LogP contribution in [0.5, 0.6) is 0 Å². The number of aliphatic hydroxyl groups excluding tert-OH is 11. The highest BCUT2D eigenvalue weighted by atomic mass is 32.2. The van der Waals surface area contributed by atoms with Crippen LogP contribution in [0, 0.1) is 0 Å². The van der Waals surface area contributed by atoms with E-state index in [9.17, 15) is 90.0 Å². The summed E-state index contributed by atoms with van der Waals surface area (Å²) < 4.78 is 40.0. The maximum atomic E-state index is 13.4. The van der Waals surface area contributed by atoms with Gasteiger partial charge < -0.3 is 126 Å². The number of aliphatic hydroxyl groups is 11. The number of rotatable bonds is 22. The largest absolute Gasteiger partial charge is 0.480 e. The van der Waals surface area contributed by atoms with Crippen LogP contribution in [0.25, 0.3) is 0 Å². The molecule has 0 bridgehead atoms. The van der Waals surface area contributed by atoms with Crippen LogP contribution >= 0.6 is 11.8 Å². The van der Waals surface area contributed by atoms with E-state index >= 15 is 0 Å². The van der Waals surface area contributed by atoms with E-state index in [-0.39, 0.29) is 29.8 Å². The van der Waals surface area contributed by atoms with Crippen LogP contribution in [-0.4, -0.2) is 275 Å². The van der Waals surface area contributed by atoms with E-state index in [4.69, 9.17) is 33.2 Å². The molecule has 6 aliphatic rings. The third kappa shape index (κ3) is 14.2. The Bertz CT molecular complexity index is 1940. The molecule has 6 fully saturated rings. The zero-order valence-electron chi connectivity index (χ0n) is 40.0. The van der Waals surface area contributed by atoms with Gasteiger partial charge in [0.2, 0.25) is 23.6 Å². The number of carboxylic acids is 1. The number of nitrogens with one attached hydrogen (secondary N) is 6. The summed E-state index contributed by atoms with van der Waals surface area (Å²) in [5.74, 6) is -4.09. The van der Waals surface area contributed by atoms with Crippen molar-refractivity contribution in [2.45, 2.75) is 192 Å². The third-order valence-corrected chi connectivity index (χ3v) is 14.9. The summed E-state index contributed by atoms with van der Waals surface area (Å²) >= 11 is 1.70. The standard InChI is InChI=1S/C42H68N6O25S/c1-13(52)43-25-29(58)35(18(9-50)68-37(25)47-23(55)7-15(38(64)65)45-22(54)6-4-3-5-21-24-16(12-74-21)46-42(66)48-24)72-39-26(44-14(2)53)30(59)36(19(10-51)70-39)73-41-34(63)32(61)28(57)20(71-41)11-67-40-33(62)31(60)27(56)17(8-49)69-40/h15-21,24-37,39-41,49-51,56-63H,3-12H2,1-2H3,(H,43,52)(H,44,53)(H,45,54)(H,47,55)(H,64,65)(H2,46,48,66)/t15?,16?,17?,18?,19?,20?,21?,24?,25?,26?,27-,28-,29-,30-,31+,32+,33?,34?,35-,36-,37-,39+,40+,41+/m1/s1. The maximum Gasteiger partial charge on any atom is 0.326 e. The summed E-state index contributed by atoms with van der Waals surface area (Å²) in [5, 5.41) is 142. The zero-order chi connectivity index (χ0) is 54.3. The van der Waals surface area contributed by atoms with Gasteiger partial charge in [-0.3, -0.25) is 19.2 Å². The molecule has 6 amide bonds. The summed E-state index contributed by atoms with van der Waals surface area (Å²) in [7, 11) is 0. The Morgan fingerprint density at radius 2 is 1.20 bits per heavy atom. The predicted octanol–water partition coefficient (Wildman–Crippen LogP) is -9.65. The van der Waals surface area contributed by atoms with Crippen LogP contribution < -0.4 is 31.9 Å². The van der Waals surface area contributed by atoms with Crippen LogP contribution in [0.1, 0.15) is 46.0 Å². The van der Waals surface area contributed by atoms with Gasteiger partial charge in [-0.05, 0) is 12.8 Å². The van der Waals surface area contributed by atoms with Gasteiger partial charge in [0, 0.05) is 31.3 Å². The number of ether oxygens (including phenoxy) is 7. The first-order chi connectivity index (χ1) is 35.1. The molecule has 422 valence electrons. The quantitative estimate of drug-likeness (QED) is 0.0354. The molecule has 6 heterocycles. The lowest BCUT2D eigenvalue weighted by Gasteiger charge is -2.50. The van der Waals surface area contributed by atoms with E-state index < -0.39 is 191 Å². The molecule has 24 atom stereocenters. The third-order valence-electron chi connectivity index (χ3n) is 13.4. The van der Waals surface area contributed by atoms with Crippen molar-refractivity contribution in [3.8, 4) is 0 Å². The molecule has 12 unspecified atom stereocenters. The Balaban J connectivity index is 1.08. The first-order valence-electron chi connectivity index (χ1n) is 23.9. The van der Waals surface area contributed by atoms with Gasteiger partial charge in [-0.2, -0.15) is 11.8 Å². The van der Waals surface area contributed by atoms with Crippen LogP contribution in [0.3, 0.4) is 0 Å². The van der Waals surface area contributed by atoms with E-state index in [0.717, 1.165) is 19.6 Å². The zero-order valence-corrected chi connectivity index (χ0v) is 40.8. The van der Waals surface area contributed by atoms with Crippen molar-refractivity contribution in [2.75, 3.05) is 32.2 Å². The monoisotopic (exact) mass is 1090 g/mol. The van der Waals surface area contributed by atoms with Crippen LogP contribution in [0.2, 0.25) is 0 Å². The number of thioether (sulfide) groups is 1. The molecular formula is C42H68N6O25S. The van der Waals surface area contributed by atoms with Gasteiger partial charge in [0.05, 0.1) is 44.9 Å². The topological polar surface area (TPSA) is 482 Å². The number of carbonyl (C=O) groups is 6. The molecule has 0 radical (unpaired) electrons. The Hall–Kier alpha value is -3.75. The Labute approximate surface area is 425 Å². The number of hydrogen-bond donors (Lipinski definition) is 18. The SMILES string of the molecule is CC(=O)NC1[C@H](O[C@@H]2C(CO)O[C@@H](NC(=O)CC(NC(=O)CCCCC3SCC4NC(=O)NC43)C(=O)O)C(NC(C)=O)[C@H]2O)OC(CO)[C@@H](O[C@@H]2OC(CO[C@H]3OC(CO)[C@@H](O)[C@H](O)C3O)[C@@H](O)[C@H](O)C2O)[C@@H]1O. The molecule has 0 spiro atoms. The Kier molecular flexibility index (Phi) is 21.3. The first-order valence-corrected chi connectivity index (χ1v) is 25.0. The minimum Gasteiger partial charge on any atom is -0.480 e. The fourth-order valence-electron chi connectivity index (χ4n) is 9.54. The summed E-state index contributed by atoms with van der Waals surface area (Å²) in [4.78, 5) is 75.0. The molecule has 0 aliphatic carbocycles. The molecular weight excluding hydrogens is 1020 g/mol. The molecule has 74 heavy (non-hydrogen) atoms. The second-order valence-electron chi connectivity index (χ2n) is 18.8. The normalized spacial score (nSPS) is 41.5. The first kappa shape index (κ1) is 59.5. The number of fused-ring (bicyclic) bond motifs is 1. The number of carboxylic acid groups (broad SMARTS) is 1. The smallest absolute Gasteiger partial charge is 0.326 e. The summed E-state index contributed by atoms with van der Waals surface area (Å²) in [5.41, 5.74) is 0. The van der Waals surface area contributed by atoms with Crippen molar-refractivity contribution in [2.24, 2.45) is 0 Å². The molecule has 6 rings (SSSR count). The van der Waals surface area contributed by atoms with Gasteiger partial charge in [0.25, 0.3) is 0 Å². The maximum absolute atomic E-state index is 13.4.